The van der Waals surface area contributed by atoms with Crippen molar-refractivity contribution in [3.05, 3.63) is 0 Å². The van der Waals surface area contributed by atoms with Gasteiger partial charge in [-0.05, 0) is 31.7 Å². The van der Waals surface area contributed by atoms with E-state index in [-0.39, 0.29) is 12.5 Å². The van der Waals surface area contributed by atoms with Gasteiger partial charge in [-0.1, -0.05) is 0 Å². The van der Waals surface area contributed by atoms with Gasteiger partial charge in [-0.3, -0.25) is 0 Å². The molecule has 1 rings (SSSR count). The molecule has 1 fully saturated rings. The lowest BCUT2D eigenvalue weighted by Gasteiger charge is -2.25. The highest BCUT2D eigenvalue weighted by molar-refractivity contribution is 4.72. The fraction of sp³-hybridized carbons (Fsp3) is 1.00. The van der Waals surface area contributed by atoms with Gasteiger partial charge in [-0.25, -0.2) is 4.39 Å². The van der Waals surface area contributed by atoms with Gasteiger partial charge in [-0.2, -0.15) is 0 Å². The summed E-state index contributed by atoms with van der Waals surface area (Å²) in [5, 5.41) is 0. The molecule has 1 aliphatic heterocycles. The standard InChI is InChI=1S/C8H16FNO/c9-8-6-11-5-3-7(8)2-1-4-10/h7-8H,1-6,10H2. The van der Waals surface area contributed by atoms with Gasteiger partial charge in [0.2, 0.25) is 0 Å². The summed E-state index contributed by atoms with van der Waals surface area (Å²) >= 11 is 0. The Morgan fingerprint density at radius 1 is 1.55 bits per heavy atom. The first kappa shape index (κ1) is 8.94. The summed E-state index contributed by atoms with van der Waals surface area (Å²) in [6.45, 7) is 1.68. The van der Waals surface area contributed by atoms with Gasteiger partial charge in [-0.15, -0.1) is 0 Å². The van der Waals surface area contributed by atoms with Crippen molar-refractivity contribution in [1.29, 1.82) is 0 Å². The van der Waals surface area contributed by atoms with Crippen LogP contribution in [0.4, 0.5) is 4.39 Å². The van der Waals surface area contributed by atoms with Crippen LogP contribution in [0.1, 0.15) is 19.3 Å². The summed E-state index contributed by atoms with van der Waals surface area (Å²) in [5.74, 6) is 0.201. The first-order valence-electron chi connectivity index (χ1n) is 4.26. The highest BCUT2D eigenvalue weighted by Gasteiger charge is 2.24. The van der Waals surface area contributed by atoms with Gasteiger partial charge >= 0.3 is 0 Å². The third kappa shape index (κ3) is 2.75. The normalized spacial score (nSPS) is 32.2. The smallest absolute Gasteiger partial charge is 0.126 e. The van der Waals surface area contributed by atoms with E-state index >= 15 is 0 Å². The Morgan fingerprint density at radius 2 is 2.36 bits per heavy atom. The van der Waals surface area contributed by atoms with E-state index in [9.17, 15) is 4.39 Å². The second-order valence-corrected chi connectivity index (χ2v) is 3.07. The number of hydrogen-bond acceptors (Lipinski definition) is 2. The maximum Gasteiger partial charge on any atom is 0.126 e. The van der Waals surface area contributed by atoms with Crippen LogP contribution in [0.15, 0.2) is 0 Å². The number of ether oxygens (including phenoxy) is 1. The Bertz CT molecular complexity index is 110. The molecule has 2 unspecified atom stereocenters. The van der Waals surface area contributed by atoms with Crippen LogP contribution in [-0.2, 0) is 4.74 Å². The molecule has 2 nitrogen and oxygen atoms in total. The van der Waals surface area contributed by atoms with Crippen LogP contribution < -0.4 is 5.73 Å². The van der Waals surface area contributed by atoms with Crippen LogP contribution in [-0.4, -0.2) is 25.9 Å². The second kappa shape index (κ2) is 4.67. The zero-order valence-electron chi connectivity index (χ0n) is 6.76. The van der Waals surface area contributed by atoms with Crippen LogP contribution in [0.3, 0.4) is 0 Å². The Kier molecular flexibility index (Phi) is 3.80. The summed E-state index contributed by atoms with van der Waals surface area (Å²) < 4.78 is 18.0. The average molecular weight is 161 g/mol. The largest absolute Gasteiger partial charge is 0.378 e. The minimum absolute atomic E-state index is 0.201. The lowest BCUT2D eigenvalue weighted by Crippen LogP contribution is -2.29. The molecule has 0 aromatic rings. The molecule has 66 valence electrons. The maximum atomic E-state index is 13.0. The molecule has 0 radical (unpaired) electrons. The molecule has 1 aliphatic rings. The van der Waals surface area contributed by atoms with Gasteiger partial charge in [0.25, 0.3) is 0 Å². The molecule has 3 heteroatoms. The van der Waals surface area contributed by atoms with E-state index < -0.39 is 6.17 Å². The van der Waals surface area contributed by atoms with Crippen LogP contribution in [0.2, 0.25) is 0 Å². The lowest BCUT2D eigenvalue weighted by molar-refractivity contribution is -0.00428. The molecular formula is C8H16FNO. The Labute approximate surface area is 66.9 Å². The number of halogens is 1. The van der Waals surface area contributed by atoms with E-state index in [2.05, 4.69) is 0 Å². The highest BCUT2D eigenvalue weighted by atomic mass is 19.1. The monoisotopic (exact) mass is 161 g/mol. The van der Waals surface area contributed by atoms with E-state index in [0.717, 1.165) is 25.9 Å². The number of rotatable bonds is 3. The maximum absolute atomic E-state index is 13.0. The topological polar surface area (TPSA) is 35.2 Å². The number of nitrogens with two attached hydrogens (primary N) is 1. The molecular weight excluding hydrogens is 145 g/mol. The van der Waals surface area contributed by atoms with Crippen LogP contribution in [0, 0.1) is 5.92 Å². The highest BCUT2D eigenvalue weighted by Crippen LogP contribution is 2.22. The van der Waals surface area contributed by atoms with Gasteiger partial charge < -0.3 is 10.5 Å². The minimum Gasteiger partial charge on any atom is -0.378 e. The quantitative estimate of drug-likeness (QED) is 0.672. The first-order chi connectivity index (χ1) is 5.34. The van der Waals surface area contributed by atoms with Gasteiger partial charge in [0.05, 0.1) is 6.61 Å². The van der Waals surface area contributed by atoms with E-state index in [1.807, 2.05) is 0 Å². The summed E-state index contributed by atoms with van der Waals surface area (Å²) in [7, 11) is 0. The van der Waals surface area contributed by atoms with Gasteiger partial charge in [0.1, 0.15) is 6.17 Å². The summed E-state index contributed by atoms with van der Waals surface area (Å²) in [6.07, 6.45) is 1.96. The Balaban J connectivity index is 2.18. The molecule has 0 aromatic carbocycles. The van der Waals surface area contributed by atoms with Gasteiger partial charge in [0.15, 0.2) is 0 Å². The van der Waals surface area contributed by atoms with Crippen molar-refractivity contribution in [2.45, 2.75) is 25.4 Å². The van der Waals surface area contributed by atoms with Gasteiger partial charge in [0, 0.05) is 6.61 Å². The van der Waals surface area contributed by atoms with E-state index in [4.69, 9.17) is 10.5 Å². The minimum atomic E-state index is -0.754. The Morgan fingerprint density at radius 3 is 3.00 bits per heavy atom. The summed E-state index contributed by atoms with van der Waals surface area (Å²) in [4.78, 5) is 0. The zero-order valence-corrected chi connectivity index (χ0v) is 6.76. The predicted molar refractivity (Wildman–Crippen MR) is 42.1 cm³/mol. The molecule has 0 amide bonds. The predicted octanol–water partition coefficient (Wildman–Crippen LogP) is 1.10. The van der Waals surface area contributed by atoms with Crippen molar-refractivity contribution < 1.29 is 9.13 Å². The van der Waals surface area contributed by atoms with Crippen molar-refractivity contribution in [2.75, 3.05) is 19.8 Å². The number of hydrogen-bond donors (Lipinski definition) is 1. The van der Waals surface area contributed by atoms with E-state index in [1.165, 1.54) is 0 Å². The van der Waals surface area contributed by atoms with Crippen LogP contribution in [0.25, 0.3) is 0 Å². The molecule has 1 heterocycles. The molecule has 2 N–H and O–H groups in total. The SMILES string of the molecule is NCCCC1CCOCC1F. The average Bonchev–Trinajstić information content (AvgIpc) is 2.03. The van der Waals surface area contributed by atoms with Crippen molar-refractivity contribution in [3.8, 4) is 0 Å². The summed E-state index contributed by atoms with van der Waals surface area (Å²) in [6, 6.07) is 0. The molecule has 0 aliphatic carbocycles. The molecule has 0 spiro atoms. The van der Waals surface area contributed by atoms with Crippen molar-refractivity contribution >= 4 is 0 Å². The van der Waals surface area contributed by atoms with Crippen molar-refractivity contribution in [2.24, 2.45) is 11.7 Å². The third-order valence-corrected chi connectivity index (χ3v) is 2.20. The second-order valence-electron chi connectivity index (χ2n) is 3.07. The molecule has 0 saturated carbocycles. The fourth-order valence-corrected chi connectivity index (χ4v) is 1.45. The molecule has 0 bridgehead atoms. The molecule has 1 saturated heterocycles. The zero-order chi connectivity index (χ0) is 8.10. The molecule has 0 aromatic heterocycles. The van der Waals surface area contributed by atoms with Crippen molar-refractivity contribution in [1.82, 2.24) is 0 Å². The molecule has 2 atom stereocenters. The van der Waals surface area contributed by atoms with E-state index in [1.54, 1.807) is 0 Å². The molecule has 11 heavy (non-hydrogen) atoms. The fourth-order valence-electron chi connectivity index (χ4n) is 1.45. The third-order valence-electron chi connectivity index (χ3n) is 2.20. The van der Waals surface area contributed by atoms with Crippen LogP contribution >= 0.6 is 0 Å². The van der Waals surface area contributed by atoms with Crippen LogP contribution in [0.5, 0.6) is 0 Å². The first-order valence-corrected chi connectivity index (χ1v) is 4.26. The summed E-state index contributed by atoms with van der Waals surface area (Å²) in [5.41, 5.74) is 5.34. The lowest BCUT2D eigenvalue weighted by atomic mass is 9.93. The number of alkyl halides is 1. The van der Waals surface area contributed by atoms with E-state index in [0.29, 0.717) is 6.54 Å². The van der Waals surface area contributed by atoms with Crippen molar-refractivity contribution in [3.63, 3.8) is 0 Å². The Hall–Kier alpha value is -0.150.